The summed E-state index contributed by atoms with van der Waals surface area (Å²) in [5.41, 5.74) is 1.67. The van der Waals surface area contributed by atoms with Crippen LogP contribution in [0, 0.1) is 13.8 Å². The monoisotopic (exact) mass is 658 g/mol. The smallest absolute Gasteiger partial charge is 0.389 e. The van der Waals surface area contributed by atoms with E-state index in [1.54, 1.807) is 26.0 Å². The number of benzene rings is 1. The molecule has 10 nitrogen and oxygen atoms in total. The molecule has 0 aromatic heterocycles. The van der Waals surface area contributed by atoms with Gasteiger partial charge in [0.2, 0.25) is 15.9 Å². The van der Waals surface area contributed by atoms with E-state index in [2.05, 4.69) is 10.3 Å². The third-order valence-corrected chi connectivity index (χ3v) is 9.91. The van der Waals surface area contributed by atoms with E-state index in [4.69, 9.17) is 0 Å². The van der Waals surface area contributed by atoms with E-state index in [9.17, 15) is 41.4 Å². The number of amidine groups is 1. The number of hydrogen-bond acceptors (Lipinski definition) is 7. The van der Waals surface area contributed by atoms with Crippen molar-refractivity contribution in [2.45, 2.75) is 103 Å². The predicted molar refractivity (Wildman–Crippen MR) is 167 cm³/mol. The minimum Gasteiger partial charge on any atom is -0.394 e. The Bertz CT molecular complexity index is 1350. The standard InChI is InChI=1S/C31H45F3N4O6S/c1-22-18-25(38(24(3)40)20-26(41)21-39)19-23(2)27(22)11-17-45(43,44)37-15-13-30(14-16-37)29(42)35-28(36-30)10-8-6-4-5-7-9-12-31(32,33)34/h11,17-19,26,39,41H,4-10,12-16,20-21H2,1-3H3,(H,35,36,42)/b17-11+/t26-/m0/s1. The van der Waals surface area contributed by atoms with Crippen LogP contribution < -0.4 is 10.2 Å². The third kappa shape index (κ3) is 10.3. The fourth-order valence-corrected chi connectivity index (χ4v) is 6.94. The lowest BCUT2D eigenvalue weighted by Gasteiger charge is -2.34. The molecule has 2 aliphatic rings. The Morgan fingerprint density at radius 1 is 1.11 bits per heavy atom. The molecule has 1 aromatic carbocycles. The van der Waals surface area contributed by atoms with Crippen LogP contribution in [0.2, 0.25) is 0 Å². The lowest BCUT2D eigenvalue weighted by atomic mass is 9.89. The number of hydrogen-bond donors (Lipinski definition) is 3. The van der Waals surface area contributed by atoms with Gasteiger partial charge in [0.05, 0.1) is 19.3 Å². The maximum absolute atomic E-state index is 13.2. The number of unbranched alkanes of at least 4 members (excludes halogenated alkanes) is 5. The average Bonchev–Trinajstić information content (AvgIpc) is 3.25. The van der Waals surface area contributed by atoms with Gasteiger partial charge in [-0.2, -0.15) is 17.5 Å². The Kier molecular flexibility index (Phi) is 12.8. The molecule has 1 spiro atoms. The lowest BCUT2D eigenvalue weighted by Crippen LogP contribution is -2.50. The Balaban J connectivity index is 1.55. The number of rotatable bonds is 15. The van der Waals surface area contributed by atoms with Gasteiger partial charge in [0.1, 0.15) is 11.4 Å². The van der Waals surface area contributed by atoms with Crippen LogP contribution in [0.5, 0.6) is 0 Å². The zero-order valence-corrected chi connectivity index (χ0v) is 27.0. The first-order valence-electron chi connectivity index (χ1n) is 15.4. The second kappa shape index (κ2) is 15.7. The van der Waals surface area contributed by atoms with Crippen molar-refractivity contribution in [3.63, 3.8) is 0 Å². The number of sulfonamides is 1. The minimum atomic E-state index is -4.10. The fourth-order valence-electron chi connectivity index (χ4n) is 5.77. The number of aliphatic imine (C=N–C) groups is 1. The topological polar surface area (TPSA) is 140 Å². The molecule has 45 heavy (non-hydrogen) atoms. The van der Waals surface area contributed by atoms with E-state index in [0.717, 1.165) is 42.2 Å². The molecule has 1 saturated heterocycles. The number of carbonyl (C=O) groups is 2. The van der Waals surface area contributed by atoms with E-state index in [1.165, 1.54) is 22.2 Å². The summed E-state index contributed by atoms with van der Waals surface area (Å²) in [6.45, 7) is 4.64. The van der Waals surface area contributed by atoms with E-state index in [1.807, 2.05) is 0 Å². The number of carbonyl (C=O) groups excluding carboxylic acids is 2. The van der Waals surface area contributed by atoms with Gasteiger partial charge in [-0.1, -0.05) is 25.7 Å². The fraction of sp³-hybridized carbons (Fsp3) is 0.645. The molecule has 252 valence electrons. The summed E-state index contributed by atoms with van der Waals surface area (Å²) < 4.78 is 64.4. The van der Waals surface area contributed by atoms with Crippen molar-refractivity contribution in [3.8, 4) is 0 Å². The van der Waals surface area contributed by atoms with E-state index < -0.39 is 40.9 Å². The molecule has 3 rings (SSSR count). The first-order valence-corrected chi connectivity index (χ1v) is 16.9. The van der Waals surface area contributed by atoms with E-state index >= 15 is 0 Å². The van der Waals surface area contributed by atoms with Gasteiger partial charge >= 0.3 is 6.18 Å². The van der Waals surface area contributed by atoms with Crippen molar-refractivity contribution in [3.05, 3.63) is 34.2 Å². The van der Waals surface area contributed by atoms with Crippen LogP contribution in [0.3, 0.4) is 0 Å². The van der Waals surface area contributed by atoms with Crippen LogP contribution in [-0.4, -0.2) is 84.6 Å². The van der Waals surface area contributed by atoms with Gasteiger partial charge in [-0.3, -0.25) is 14.6 Å². The molecule has 1 fully saturated rings. The van der Waals surface area contributed by atoms with Crippen LogP contribution in [0.15, 0.2) is 22.5 Å². The number of amides is 2. The van der Waals surface area contributed by atoms with Crippen molar-refractivity contribution in [1.29, 1.82) is 0 Å². The number of piperidine rings is 1. The summed E-state index contributed by atoms with van der Waals surface area (Å²) in [4.78, 5) is 31.0. The summed E-state index contributed by atoms with van der Waals surface area (Å²) in [7, 11) is -3.80. The van der Waals surface area contributed by atoms with Crippen molar-refractivity contribution in [2.75, 3.05) is 31.1 Å². The number of aliphatic hydroxyl groups is 2. The first kappa shape index (κ1) is 36.7. The van der Waals surface area contributed by atoms with E-state index in [-0.39, 0.29) is 50.7 Å². The molecule has 0 aliphatic carbocycles. The van der Waals surface area contributed by atoms with Crippen LogP contribution in [0.4, 0.5) is 18.9 Å². The Hall–Kier alpha value is -2.81. The molecule has 2 aliphatic heterocycles. The highest BCUT2D eigenvalue weighted by Crippen LogP contribution is 2.33. The van der Waals surface area contributed by atoms with Crippen molar-refractivity contribution in [1.82, 2.24) is 9.62 Å². The molecule has 1 aromatic rings. The zero-order chi connectivity index (χ0) is 33.4. The molecule has 0 unspecified atom stereocenters. The number of halogens is 3. The number of nitrogens with zero attached hydrogens (tertiary/aromatic N) is 3. The molecule has 14 heteroatoms. The number of aryl methyl sites for hydroxylation is 2. The first-order chi connectivity index (χ1) is 21.1. The van der Waals surface area contributed by atoms with Gasteiger partial charge in [0.15, 0.2) is 0 Å². The second-order valence-electron chi connectivity index (χ2n) is 12.0. The maximum Gasteiger partial charge on any atom is 0.389 e. The van der Waals surface area contributed by atoms with Crippen LogP contribution in [0.1, 0.15) is 87.8 Å². The Morgan fingerprint density at radius 2 is 1.69 bits per heavy atom. The molecule has 2 heterocycles. The second-order valence-corrected chi connectivity index (χ2v) is 13.8. The number of aliphatic hydroxyl groups excluding tert-OH is 2. The van der Waals surface area contributed by atoms with Crippen LogP contribution in [0.25, 0.3) is 6.08 Å². The highest BCUT2D eigenvalue weighted by molar-refractivity contribution is 7.92. The van der Waals surface area contributed by atoms with Gasteiger partial charge in [-0.25, -0.2) is 8.42 Å². The summed E-state index contributed by atoms with van der Waals surface area (Å²) in [5, 5.41) is 23.0. The highest BCUT2D eigenvalue weighted by atomic mass is 32.2. The summed E-state index contributed by atoms with van der Waals surface area (Å²) in [6, 6.07) is 3.45. The lowest BCUT2D eigenvalue weighted by molar-refractivity contribution is -0.135. The van der Waals surface area contributed by atoms with Gasteiger partial charge in [-0.05, 0) is 74.4 Å². The van der Waals surface area contributed by atoms with Gasteiger partial charge in [-0.15, -0.1) is 0 Å². The number of anilines is 1. The zero-order valence-electron chi connectivity index (χ0n) is 26.2. The van der Waals surface area contributed by atoms with Crippen LogP contribution >= 0.6 is 0 Å². The average molecular weight is 659 g/mol. The quantitative estimate of drug-likeness (QED) is 0.240. The summed E-state index contributed by atoms with van der Waals surface area (Å²) in [6.07, 6.45) is 0.458. The van der Waals surface area contributed by atoms with Crippen LogP contribution in [-0.2, 0) is 19.6 Å². The molecule has 0 saturated carbocycles. The molecule has 3 N–H and O–H groups in total. The summed E-state index contributed by atoms with van der Waals surface area (Å²) >= 11 is 0. The predicted octanol–water partition coefficient (Wildman–Crippen LogP) is 4.36. The van der Waals surface area contributed by atoms with Crippen molar-refractivity contribution >= 4 is 39.4 Å². The van der Waals surface area contributed by atoms with Crippen molar-refractivity contribution < 1.29 is 41.4 Å². The van der Waals surface area contributed by atoms with Gasteiger partial charge in [0.25, 0.3) is 5.91 Å². The molecular weight excluding hydrogens is 613 g/mol. The molecule has 0 bridgehead atoms. The number of alkyl halides is 3. The number of nitrogens with one attached hydrogen (secondary N) is 1. The third-order valence-electron chi connectivity index (χ3n) is 8.34. The molecule has 0 radical (unpaired) electrons. The molecular formula is C31H45F3N4O6S. The summed E-state index contributed by atoms with van der Waals surface area (Å²) in [5.74, 6) is 0.0467. The Labute approximate surface area is 263 Å². The SMILES string of the molecule is CC(=O)N(C[C@H](O)CO)c1cc(C)c(/C=C/S(=O)(=O)N2CCC3(CC2)N=C(CCCCCCCCC(F)(F)F)NC3=O)c(C)c1. The molecule has 1 atom stereocenters. The van der Waals surface area contributed by atoms with Gasteiger partial charge < -0.3 is 20.4 Å². The van der Waals surface area contributed by atoms with E-state index in [0.29, 0.717) is 29.9 Å². The van der Waals surface area contributed by atoms with Crippen molar-refractivity contribution in [2.24, 2.45) is 4.99 Å². The Morgan fingerprint density at radius 3 is 2.24 bits per heavy atom. The normalized spacial score (nSPS) is 18.0. The largest absolute Gasteiger partial charge is 0.394 e. The minimum absolute atomic E-state index is 0.0781. The van der Waals surface area contributed by atoms with Gasteiger partial charge in [0, 0.05) is 44.0 Å². The molecule has 2 amide bonds. The highest BCUT2D eigenvalue weighted by Gasteiger charge is 2.46. The maximum atomic E-state index is 13.2.